The topological polar surface area (TPSA) is 43.9 Å². The minimum Gasteiger partial charge on any atom is -0.368 e. The van der Waals surface area contributed by atoms with Crippen molar-refractivity contribution in [3.63, 3.8) is 0 Å². The van der Waals surface area contributed by atoms with E-state index in [0.717, 1.165) is 31.6 Å². The van der Waals surface area contributed by atoms with Crippen LogP contribution in [0.4, 0.5) is 5.69 Å². The molecule has 0 spiro atoms. The number of nitrogens with zero attached hydrogens (tertiary/aromatic N) is 3. The highest BCUT2D eigenvalue weighted by Gasteiger charge is 2.42. The van der Waals surface area contributed by atoms with E-state index in [1.165, 1.54) is 0 Å². The van der Waals surface area contributed by atoms with Gasteiger partial charge in [0.05, 0.1) is 0 Å². The Morgan fingerprint density at radius 3 is 2.19 bits per heavy atom. The lowest BCUT2D eigenvalue weighted by atomic mass is 9.89. The van der Waals surface area contributed by atoms with Gasteiger partial charge < -0.3 is 14.7 Å². The quantitative estimate of drug-likeness (QED) is 0.664. The van der Waals surface area contributed by atoms with Gasteiger partial charge >= 0.3 is 0 Å². The second-order valence-electron chi connectivity index (χ2n) is 7.68. The largest absolute Gasteiger partial charge is 0.368 e. The summed E-state index contributed by atoms with van der Waals surface area (Å²) in [7, 11) is 0. The summed E-state index contributed by atoms with van der Waals surface area (Å²) in [5, 5.41) is 0.713. The Labute approximate surface area is 168 Å². The molecule has 27 heavy (non-hydrogen) atoms. The number of carbonyl (C=O) groups is 2. The van der Waals surface area contributed by atoms with Crippen LogP contribution >= 0.6 is 11.6 Å². The van der Waals surface area contributed by atoms with E-state index in [2.05, 4.69) is 18.7 Å². The van der Waals surface area contributed by atoms with Gasteiger partial charge in [0.1, 0.15) is 5.41 Å². The fourth-order valence-electron chi connectivity index (χ4n) is 3.58. The summed E-state index contributed by atoms with van der Waals surface area (Å²) >= 11 is 6.09. The van der Waals surface area contributed by atoms with E-state index >= 15 is 0 Å². The third-order valence-electron chi connectivity index (χ3n) is 5.08. The molecule has 0 aromatic heterocycles. The van der Waals surface area contributed by atoms with Gasteiger partial charge in [0.2, 0.25) is 11.8 Å². The number of halogens is 1. The van der Waals surface area contributed by atoms with E-state index < -0.39 is 5.41 Å². The SMILES string of the molecule is CCCN(CCC)C(=O)C(C)(C)C(=O)N1CCN(c2cccc(Cl)c2)CC1. The molecule has 2 rings (SSSR count). The Bertz CT molecular complexity index is 649. The summed E-state index contributed by atoms with van der Waals surface area (Å²) in [5.41, 5.74) is 0.0461. The predicted molar refractivity (Wildman–Crippen MR) is 111 cm³/mol. The summed E-state index contributed by atoms with van der Waals surface area (Å²) in [6, 6.07) is 7.77. The zero-order valence-electron chi connectivity index (χ0n) is 17.0. The molecule has 1 aliphatic heterocycles. The fraction of sp³-hybridized carbons (Fsp3) is 0.619. The Hall–Kier alpha value is -1.75. The lowest BCUT2D eigenvalue weighted by Crippen LogP contribution is -2.56. The number of benzene rings is 1. The van der Waals surface area contributed by atoms with Crippen LogP contribution in [0.5, 0.6) is 0 Å². The third-order valence-corrected chi connectivity index (χ3v) is 5.32. The van der Waals surface area contributed by atoms with Gasteiger partial charge in [0, 0.05) is 50.0 Å². The van der Waals surface area contributed by atoms with Crippen molar-refractivity contribution in [3.05, 3.63) is 29.3 Å². The molecule has 0 unspecified atom stereocenters. The minimum absolute atomic E-state index is 0.0616. The molecule has 0 atom stereocenters. The molecule has 0 radical (unpaired) electrons. The Balaban J connectivity index is 2.01. The van der Waals surface area contributed by atoms with Crippen LogP contribution < -0.4 is 4.90 Å². The molecule has 1 fully saturated rings. The van der Waals surface area contributed by atoms with E-state index in [9.17, 15) is 9.59 Å². The summed E-state index contributed by atoms with van der Waals surface area (Å²) in [5.74, 6) is -0.135. The van der Waals surface area contributed by atoms with E-state index in [4.69, 9.17) is 11.6 Å². The zero-order chi connectivity index (χ0) is 20.0. The van der Waals surface area contributed by atoms with Crippen LogP contribution in [0.3, 0.4) is 0 Å². The predicted octanol–water partition coefficient (Wildman–Crippen LogP) is 3.66. The molecule has 5 nitrogen and oxygen atoms in total. The van der Waals surface area contributed by atoms with Crippen molar-refractivity contribution < 1.29 is 9.59 Å². The van der Waals surface area contributed by atoms with Crippen molar-refractivity contribution in [1.29, 1.82) is 0 Å². The van der Waals surface area contributed by atoms with Crippen LogP contribution in [0, 0.1) is 5.41 Å². The highest BCUT2D eigenvalue weighted by atomic mass is 35.5. The average molecular weight is 394 g/mol. The molecule has 1 aliphatic rings. The Morgan fingerprint density at radius 1 is 1.07 bits per heavy atom. The molecule has 1 saturated heterocycles. The summed E-state index contributed by atoms with van der Waals surface area (Å²) in [6.45, 7) is 11.7. The monoisotopic (exact) mass is 393 g/mol. The number of hydrogen-bond donors (Lipinski definition) is 0. The van der Waals surface area contributed by atoms with Gasteiger partial charge in [0.15, 0.2) is 0 Å². The molecule has 0 bridgehead atoms. The summed E-state index contributed by atoms with van der Waals surface area (Å²) < 4.78 is 0. The number of hydrogen-bond acceptors (Lipinski definition) is 3. The minimum atomic E-state index is -1.03. The van der Waals surface area contributed by atoms with E-state index in [1.54, 1.807) is 13.8 Å². The van der Waals surface area contributed by atoms with E-state index in [1.807, 2.05) is 34.1 Å². The van der Waals surface area contributed by atoms with Gasteiger partial charge in [-0.25, -0.2) is 0 Å². The maximum absolute atomic E-state index is 13.1. The molecule has 0 N–H and O–H groups in total. The smallest absolute Gasteiger partial charge is 0.237 e. The van der Waals surface area contributed by atoms with E-state index in [-0.39, 0.29) is 11.8 Å². The van der Waals surface area contributed by atoms with Crippen LogP contribution in [0.15, 0.2) is 24.3 Å². The van der Waals surface area contributed by atoms with Crippen molar-refractivity contribution in [3.8, 4) is 0 Å². The maximum Gasteiger partial charge on any atom is 0.237 e. The first-order chi connectivity index (χ1) is 12.8. The molecular formula is C21H32ClN3O2. The standard InChI is InChI=1S/C21H32ClN3O2/c1-5-10-24(11-6-2)19(26)21(3,4)20(27)25-14-12-23(13-15-25)18-9-7-8-17(22)16-18/h7-9,16H,5-6,10-15H2,1-4H3. The van der Waals surface area contributed by atoms with Crippen LogP contribution in [0.25, 0.3) is 0 Å². The first-order valence-corrected chi connectivity index (χ1v) is 10.3. The van der Waals surface area contributed by atoms with Crippen molar-refractivity contribution in [2.24, 2.45) is 5.41 Å². The van der Waals surface area contributed by atoms with Crippen LogP contribution in [0.2, 0.25) is 5.02 Å². The van der Waals surface area contributed by atoms with E-state index in [0.29, 0.717) is 31.2 Å². The highest BCUT2D eigenvalue weighted by molar-refractivity contribution is 6.30. The van der Waals surface area contributed by atoms with Crippen molar-refractivity contribution in [1.82, 2.24) is 9.80 Å². The maximum atomic E-state index is 13.1. The molecule has 2 amide bonds. The van der Waals surface area contributed by atoms with Crippen molar-refractivity contribution in [2.75, 3.05) is 44.2 Å². The van der Waals surface area contributed by atoms with Crippen molar-refractivity contribution >= 4 is 29.1 Å². The number of carbonyl (C=O) groups excluding carboxylic acids is 2. The second kappa shape index (κ2) is 9.45. The first kappa shape index (κ1) is 21.5. The lowest BCUT2D eigenvalue weighted by molar-refractivity contribution is -0.154. The number of amides is 2. The van der Waals surface area contributed by atoms with Gasteiger partial charge in [-0.05, 0) is 44.9 Å². The summed E-state index contributed by atoms with van der Waals surface area (Å²) in [4.78, 5) is 32.0. The molecular weight excluding hydrogens is 362 g/mol. The molecule has 1 aromatic rings. The average Bonchev–Trinajstić information content (AvgIpc) is 2.66. The van der Waals surface area contributed by atoms with Gasteiger partial charge in [0.25, 0.3) is 0 Å². The molecule has 1 heterocycles. The van der Waals surface area contributed by atoms with Gasteiger partial charge in [-0.2, -0.15) is 0 Å². The lowest BCUT2D eigenvalue weighted by Gasteiger charge is -2.40. The normalized spacial score (nSPS) is 15.0. The first-order valence-electron chi connectivity index (χ1n) is 9.90. The Morgan fingerprint density at radius 2 is 1.67 bits per heavy atom. The number of anilines is 1. The fourth-order valence-corrected chi connectivity index (χ4v) is 3.76. The second-order valence-corrected chi connectivity index (χ2v) is 8.11. The number of rotatable bonds is 7. The summed E-state index contributed by atoms with van der Waals surface area (Å²) in [6.07, 6.45) is 1.79. The molecule has 150 valence electrons. The molecule has 0 saturated carbocycles. The molecule has 1 aromatic carbocycles. The zero-order valence-corrected chi connectivity index (χ0v) is 17.8. The van der Waals surface area contributed by atoms with Gasteiger partial charge in [-0.15, -0.1) is 0 Å². The van der Waals surface area contributed by atoms with Gasteiger partial charge in [-0.1, -0.05) is 31.5 Å². The highest BCUT2D eigenvalue weighted by Crippen LogP contribution is 2.26. The third kappa shape index (κ3) is 5.16. The number of piperazine rings is 1. The van der Waals surface area contributed by atoms with Crippen LogP contribution in [0.1, 0.15) is 40.5 Å². The van der Waals surface area contributed by atoms with Crippen LogP contribution in [-0.2, 0) is 9.59 Å². The molecule has 6 heteroatoms. The van der Waals surface area contributed by atoms with Crippen LogP contribution in [-0.4, -0.2) is 60.9 Å². The molecule has 0 aliphatic carbocycles. The van der Waals surface area contributed by atoms with Gasteiger partial charge in [-0.3, -0.25) is 9.59 Å². The van der Waals surface area contributed by atoms with Crippen molar-refractivity contribution in [2.45, 2.75) is 40.5 Å². The Kier molecular flexibility index (Phi) is 7.54.